The highest BCUT2D eigenvalue weighted by Crippen LogP contribution is 2.14. The Kier molecular flexibility index (Phi) is 13.7. The number of hydrogen-bond acceptors (Lipinski definition) is 2. The Morgan fingerprint density at radius 1 is 0.720 bits per heavy atom. The van der Waals surface area contributed by atoms with Crippen LogP contribution in [-0.4, -0.2) is 15.1 Å². The molecule has 25 heavy (non-hydrogen) atoms. The number of H-pyrrole nitrogens is 1. The van der Waals surface area contributed by atoms with Gasteiger partial charge in [-0.25, -0.2) is 4.98 Å². The summed E-state index contributed by atoms with van der Waals surface area (Å²) >= 11 is 0. The lowest BCUT2D eigenvalue weighted by molar-refractivity contribution is 0.276. The number of unbranched alkanes of at least 4 members (excludes halogenated alkanes) is 14. The summed E-state index contributed by atoms with van der Waals surface area (Å²) < 4.78 is 0. The quantitative estimate of drug-likeness (QED) is 0.310. The first kappa shape index (κ1) is 22.2. The first-order chi connectivity index (χ1) is 12.3. The molecule has 3 nitrogen and oxygen atoms in total. The Balaban J connectivity index is 1.80. The fourth-order valence-corrected chi connectivity index (χ4v) is 3.50. The van der Waals surface area contributed by atoms with E-state index in [1.807, 2.05) is 6.92 Å². The van der Waals surface area contributed by atoms with Crippen molar-refractivity contribution < 1.29 is 5.11 Å². The summed E-state index contributed by atoms with van der Waals surface area (Å²) in [5.41, 5.74) is 1.81. The molecule has 0 amide bonds. The molecule has 1 rings (SSSR count). The number of nitrogens with zero attached hydrogens (tertiary/aromatic N) is 1. The van der Waals surface area contributed by atoms with E-state index in [0.29, 0.717) is 0 Å². The molecule has 0 atom stereocenters. The Bertz CT molecular complexity index is 414. The minimum atomic E-state index is 0.0428. The average Bonchev–Trinajstić information content (AvgIpc) is 2.98. The van der Waals surface area contributed by atoms with Crippen LogP contribution < -0.4 is 0 Å². The van der Waals surface area contributed by atoms with Crippen molar-refractivity contribution in [3.05, 3.63) is 17.2 Å². The van der Waals surface area contributed by atoms with E-state index in [2.05, 4.69) is 16.9 Å². The highest BCUT2D eigenvalue weighted by Gasteiger charge is 2.04. The zero-order chi connectivity index (χ0) is 18.2. The molecule has 1 heterocycles. The predicted molar refractivity (Wildman–Crippen MR) is 108 cm³/mol. The zero-order valence-corrected chi connectivity index (χ0v) is 16.9. The highest BCUT2D eigenvalue weighted by molar-refractivity contribution is 5.11. The summed E-state index contributed by atoms with van der Waals surface area (Å²) in [6.07, 6.45) is 22.0. The SMILES string of the molecule is CCCCCCCCCCCCCCCCCc1nc(CO)c(C)[nH]1. The largest absolute Gasteiger partial charge is 0.390 e. The molecule has 0 spiro atoms. The number of aromatic amines is 1. The zero-order valence-electron chi connectivity index (χ0n) is 16.9. The van der Waals surface area contributed by atoms with E-state index < -0.39 is 0 Å². The molecule has 146 valence electrons. The van der Waals surface area contributed by atoms with Crippen LogP contribution in [-0.2, 0) is 13.0 Å². The Labute approximate surface area is 156 Å². The van der Waals surface area contributed by atoms with Crippen LogP contribution in [0.3, 0.4) is 0 Å². The van der Waals surface area contributed by atoms with E-state index in [9.17, 15) is 0 Å². The second-order valence-corrected chi connectivity index (χ2v) is 7.61. The molecule has 0 saturated carbocycles. The number of aliphatic hydroxyl groups excluding tert-OH is 1. The summed E-state index contributed by atoms with van der Waals surface area (Å²) in [5.74, 6) is 1.04. The molecule has 1 aromatic heterocycles. The van der Waals surface area contributed by atoms with Crippen LogP contribution >= 0.6 is 0 Å². The number of nitrogens with one attached hydrogen (secondary N) is 1. The first-order valence-electron chi connectivity index (χ1n) is 10.9. The van der Waals surface area contributed by atoms with Gasteiger partial charge in [-0.05, 0) is 13.3 Å². The molecule has 0 aliphatic carbocycles. The van der Waals surface area contributed by atoms with E-state index in [4.69, 9.17) is 5.11 Å². The topological polar surface area (TPSA) is 48.9 Å². The maximum Gasteiger partial charge on any atom is 0.106 e. The van der Waals surface area contributed by atoms with Gasteiger partial charge in [0, 0.05) is 12.1 Å². The molecule has 3 heteroatoms. The summed E-state index contributed by atoms with van der Waals surface area (Å²) in [6, 6.07) is 0. The molecule has 0 aliphatic rings. The summed E-state index contributed by atoms with van der Waals surface area (Å²) in [6.45, 7) is 4.31. The molecule has 0 saturated heterocycles. The van der Waals surface area contributed by atoms with E-state index in [1.165, 1.54) is 96.3 Å². The maximum atomic E-state index is 9.15. The molecular formula is C22H42N2O. The first-order valence-corrected chi connectivity index (χ1v) is 10.9. The molecule has 2 N–H and O–H groups in total. The van der Waals surface area contributed by atoms with E-state index in [1.54, 1.807) is 0 Å². The number of aromatic nitrogens is 2. The standard InChI is InChI=1S/C22H42N2O/c1-3-4-5-6-7-8-9-10-11-12-13-14-15-16-17-18-22-23-20(2)21(19-25)24-22/h25H,3-19H2,1-2H3,(H,23,24). The lowest BCUT2D eigenvalue weighted by Gasteiger charge is -2.03. The molecule has 0 unspecified atom stereocenters. The minimum Gasteiger partial charge on any atom is -0.390 e. The summed E-state index contributed by atoms with van der Waals surface area (Å²) in [4.78, 5) is 7.70. The summed E-state index contributed by atoms with van der Waals surface area (Å²) in [7, 11) is 0. The number of aryl methyl sites for hydroxylation is 2. The van der Waals surface area contributed by atoms with Gasteiger partial charge >= 0.3 is 0 Å². The molecule has 0 aliphatic heterocycles. The molecule has 0 aromatic carbocycles. The fourth-order valence-electron chi connectivity index (χ4n) is 3.50. The van der Waals surface area contributed by atoms with Crippen molar-refractivity contribution in [2.45, 2.75) is 123 Å². The number of aliphatic hydroxyl groups is 1. The van der Waals surface area contributed by atoms with E-state index in [-0.39, 0.29) is 6.61 Å². The van der Waals surface area contributed by atoms with E-state index in [0.717, 1.165) is 23.6 Å². The van der Waals surface area contributed by atoms with Gasteiger partial charge in [0.1, 0.15) is 5.82 Å². The van der Waals surface area contributed by atoms with Crippen LogP contribution in [0.2, 0.25) is 0 Å². The normalized spacial score (nSPS) is 11.3. The van der Waals surface area contributed by atoms with Gasteiger partial charge in [0.2, 0.25) is 0 Å². The molecular weight excluding hydrogens is 308 g/mol. The van der Waals surface area contributed by atoms with E-state index >= 15 is 0 Å². The van der Waals surface area contributed by atoms with Crippen molar-refractivity contribution in [3.8, 4) is 0 Å². The van der Waals surface area contributed by atoms with Gasteiger partial charge in [0.25, 0.3) is 0 Å². The van der Waals surface area contributed by atoms with Gasteiger partial charge < -0.3 is 10.1 Å². The Morgan fingerprint density at radius 3 is 1.56 bits per heavy atom. The molecule has 0 fully saturated rings. The highest BCUT2D eigenvalue weighted by atomic mass is 16.3. The third kappa shape index (κ3) is 11.4. The van der Waals surface area contributed by atoms with Crippen LogP contribution in [0.1, 0.15) is 120 Å². The Morgan fingerprint density at radius 2 is 1.16 bits per heavy atom. The van der Waals surface area contributed by atoms with Crippen molar-refractivity contribution in [2.24, 2.45) is 0 Å². The lowest BCUT2D eigenvalue weighted by Crippen LogP contribution is -1.90. The lowest BCUT2D eigenvalue weighted by atomic mass is 10.0. The van der Waals surface area contributed by atoms with Gasteiger partial charge in [-0.1, -0.05) is 96.8 Å². The number of imidazole rings is 1. The minimum absolute atomic E-state index is 0.0428. The van der Waals surface area contributed by atoms with Crippen molar-refractivity contribution in [1.82, 2.24) is 9.97 Å². The van der Waals surface area contributed by atoms with Crippen LogP contribution in [0.15, 0.2) is 0 Å². The smallest absolute Gasteiger partial charge is 0.106 e. The van der Waals surface area contributed by atoms with Crippen molar-refractivity contribution in [1.29, 1.82) is 0 Å². The van der Waals surface area contributed by atoms with Crippen molar-refractivity contribution >= 4 is 0 Å². The third-order valence-corrected chi connectivity index (χ3v) is 5.20. The maximum absolute atomic E-state index is 9.15. The monoisotopic (exact) mass is 350 g/mol. The van der Waals surface area contributed by atoms with Crippen LogP contribution in [0.25, 0.3) is 0 Å². The second-order valence-electron chi connectivity index (χ2n) is 7.61. The predicted octanol–water partition coefficient (Wildman–Crippen LogP) is 6.62. The van der Waals surface area contributed by atoms with Crippen LogP contribution in [0.5, 0.6) is 0 Å². The number of rotatable bonds is 17. The molecule has 0 bridgehead atoms. The number of hydrogen-bond donors (Lipinski definition) is 2. The van der Waals surface area contributed by atoms with Gasteiger partial charge in [0.05, 0.1) is 12.3 Å². The van der Waals surface area contributed by atoms with Gasteiger partial charge in [0.15, 0.2) is 0 Å². The third-order valence-electron chi connectivity index (χ3n) is 5.20. The second kappa shape index (κ2) is 15.4. The van der Waals surface area contributed by atoms with Crippen molar-refractivity contribution in [3.63, 3.8) is 0 Å². The van der Waals surface area contributed by atoms with Crippen molar-refractivity contribution in [2.75, 3.05) is 0 Å². The fraction of sp³-hybridized carbons (Fsp3) is 0.864. The summed E-state index contributed by atoms with van der Waals surface area (Å²) in [5, 5.41) is 9.15. The van der Waals surface area contributed by atoms with Crippen LogP contribution in [0.4, 0.5) is 0 Å². The Hall–Kier alpha value is -0.830. The van der Waals surface area contributed by atoms with Crippen LogP contribution in [0, 0.1) is 6.92 Å². The molecule has 0 radical (unpaired) electrons. The van der Waals surface area contributed by atoms with Gasteiger partial charge in [-0.15, -0.1) is 0 Å². The van der Waals surface area contributed by atoms with Gasteiger partial charge in [-0.2, -0.15) is 0 Å². The average molecular weight is 351 g/mol. The molecule has 1 aromatic rings. The van der Waals surface area contributed by atoms with Gasteiger partial charge in [-0.3, -0.25) is 0 Å².